The highest BCUT2D eigenvalue weighted by Gasteiger charge is 2.07. The first kappa shape index (κ1) is 13.1. The van der Waals surface area contributed by atoms with E-state index in [2.05, 4.69) is 31.2 Å². The van der Waals surface area contributed by atoms with E-state index in [1.165, 1.54) is 11.1 Å². The molecule has 0 aliphatic rings. The normalized spacial score (nSPS) is 12.4. The summed E-state index contributed by atoms with van der Waals surface area (Å²) in [7, 11) is 0. The van der Waals surface area contributed by atoms with E-state index in [0.29, 0.717) is 5.02 Å². The monoisotopic (exact) mass is 260 g/mol. The summed E-state index contributed by atoms with van der Waals surface area (Å²) >= 11 is 5.82. The Morgan fingerprint density at radius 2 is 1.61 bits per heavy atom. The maximum absolute atomic E-state index is 10.1. The zero-order valence-electron chi connectivity index (χ0n) is 10.4. The van der Waals surface area contributed by atoms with Gasteiger partial charge < -0.3 is 5.11 Å². The number of aliphatic hydroxyl groups excluding tert-OH is 1. The standard InChI is InChI=1S/C16H17ClO/c1-12-2-4-13(5-3-12)6-11-16(18)14-7-9-15(17)10-8-14/h2-5,7-10,16,18H,6,11H2,1H3. The number of aliphatic hydroxyl groups is 1. The Bertz CT molecular complexity index is 488. The molecule has 0 radical (unpaired) electrons. The molecule has 0 aliphatic heterocycles. The summed E-state index contributed by atoms with van der Waals surface area (Å²) in [6.07, 6.45) is 1.18. The van der Waals surface area contributed by atoms with Gasteiger partial charge in [-0.2, -0.15) is 0 Å². The first-order valence-corrected chi connectivity index (χ1v) is 6.52. The maximum Gasteiger partial charge on any atom is 0.0793 e. The highest BCUT2D eigenvalue weighted by Crippen LogP contribution is 2.21. The maximum atomic E-state index is 10.1. The Labute approximate surface area is 113 Å². The second-order valence-corrected chi connectivity index (χ2v) is 5.03. The van der Waals surface area contributed by atoms with Crippen molar-refractivity contribution in [3.8, 4) is 0 Å². The van der Waals surface area contributed by atoms with Crippen LogP contribution in [-0.2, 0) is 6.42 Å². The van der Waals surface area contributed by atoms with Crippen molar-refractivity contribution in [3.05, 3.63) is 70.2 Å². The molecular weight excluding hydrogens is 244 g/mol. The van der Waals surface area contributed by atoms with Gasteiger partial charge in [-0.05, 0) is 43.0 Å². The van der Waals surface area contributed by atoms with Crippen molar-refractivity contribution < 1.29 is 5.11 Å². The van der Waals surface area contributed by atoms with Gasteiger partial charge in [0, 0.05) is 5.02 Å². The van der Waals surface area contributed by atoms with Gasteiger partial charge in [0.05, 0.1) is 6.10 Å². The number of halogens is 1. The minimum Gasteiger partial charge on any atom is -0.388 e. The molecule has 1 N–H and O–H groups in total. The van der Waals surface area contributed by atoms with Gasteiger partial charge in [-0.15, -0.1) is 0 Å². The predicted molar refractivity (Wildman–Crippen MR) is 75.9 cm³/mol. The summed E-state index contributed by atoms with van der Waals surface area (Å²) in [5, 5.41) is 10.8. The summed E-state index contributed by atoms with van der Waals surface area (Å²) in [5.74, 6) is 0. The molecule has 0 amide bonds. The lowest BCUT2D eigenvalue weighted by atomic mass is 10.0. The summed E-state index contributed by atoms with van der Waals surface area (Å²) in [5.41, 5.74) is 3.44. The van der Waals surface area contributed by atoms with Gasteiger partial charge >= 0.3 is 0 Å². The zero-order valence-corrected chi connectivity index (χ0v) is 11.2. The van der Waals surface area contributed by atoms with E-state index in [9.17, 15) is 5.11 Å². The fourth-order valence-corrected chi connectivity index (χ4v) is 2.04. The van der Waals surface area contributed by atoms with E-state index < -0.39 is 6.10 Å². The van der Waals surface area contributed by atoms with E-state index in [-0.39, 0.29) is 0 Å². The van der Waals surface area contributed by atoms with Crippen LogP contribution >= 0.6 is 11.6 Å². The van der Waals surface area contributed by atoms with E-state index in [1.54, 1.807) is 0 Å². The van der Waals surface area contributed by atoms with Gasteiger partial charge in [-0.25, -0.2) is 0 Å². The third kappa shape index (κ3) is 3.59. The molecule has 1 unspecified atom stereocenters. The number of rotatable bonds is 4. The van der Waals surface area contributed by atoms with Crippen molar-refractivity contribution in [1.29, 1.82) is 0 Å². The van der Waals surface area contributed by atoms with Crippen LogP contribution in [0.5, 0.6) is 0 Å². The van der Waals surface area contributed by atoms with Gasteiger partial charge in [0.2, 0.25) is 0 Å². The Kier molecular flexibility index (Phi) is 4.40. The predicted octanol–water partition coefficient (Wildman–Crippen LogP) is 4.31. The molecule has 0 bridgehead atoms. The lowest BCUT2D eigenvalue weighted by Crippen LogP contribution is -1.99. The molecule has 1 nitrogen and oxygen atoms in total. The minimum absolute atomic E-state index is 0.427. The van der Waals surface area contributed by atoms with Crippen molar-refractivity contribution in [2.75, 3.05) is 0 Å². The molecule has 2 aromatic carbocycles. The van der Waals surface area contributed by atoms with Crippen LogP contribution in [0.4, 0.5) is 0 Å². The quantitative estimate of drug-likeness (QED) is 0.868. The lowest BCUT2D eigenvalue weighted by Gasteiger charge is -2.11. The van der Waals surface area contributed by atoms with Gasteiger partial charge in [-0.3, -0.25) is 0 Å². The van der Waals surface area contributed by atoms with Crippen LogP contribution in [0.3, 0.4) is 0 Å². The van der Waals surface area contributed by atoms with Crippen LogP contribution in [0, 0.1) is 6.92 Å². The summed E-state index contributed by atoms with van der Waals surface area (Å²) in [6, 6.07) is 15.8. The van der Waals surface area contributed by atoms with Gasteiger partial charge in [-0.1, -0.05) is 53.6 Å². The third-order valence-electron chi connectivity index (χ3n) is 3.08. The zero-order chi connectivity index (χ0) is 13.0. The van der Waals surface area contributed by atoms with Crippen LogP contribution in [0.25, 0.3) is 0 Å². The van der Waals surface area contributed by atoms with Crippen molar-refractivity contribution in [2.45, 2.75) is 25.9 Å². The topological polar surface area (TPSA) is 20.2 Å². The van der Waals surface area contributed by atoms with E-state index in [0.717, 1.165) is 18.4 Å². The Balaban J connectivity index is 1.93. The number of benzene rings is 2. The SMILES string of the molecule is Cc1ccc(CCC(O)c2ccc(Cl)cc2)cc1. The largest absolute Gasteiger partial charge is 0.388 e. The molecule has 18 heavy (non-hydrogen) atoms. The molecule has 2 rings (SSSR count). The van der Waals surface area contributed by atoms with Crippen molar-refractivity contribution in [2.24, 2.45) is 0 Å². The van der Waals surface area contributed by atoms with E-state index >= 15 is 0 Å². The fraction of sp³-hybridized carbons (Fsp3) is 0.250. The molecule has 2 heteroatoms. The number of aryl methyl sites for hydroxylation is 2. The summed E-state index contributed by atoms with van der Waals surface area (Å²) < 4.78 is 0. The fourth-order valence-electron chi connectivity index (χ4n) is 1.91. The van der Waals surface area contributed by atoms with Crippen molar-refractivity contribution in [3.63, 3.8) is 0 Å². The molecule has 0 saturated heterocycles. The van der Waals surface area contributed by atoms with Gasteiger partial charge in [0.15, 0.2) is 0 Å². The van der Waals surface area contributed by atoms with Crippen LogP contribution < -0.4 is 0 Å². The van der Waals surface area contributed by atoms with Crippen molar-refractivity contribution >= 4 is 11.6 Å². The molecular formula is C16H17ClO. The average molecular weight is 261 g/mol. The molecule has 0 aliphatic carbocycles. The average Bonchev–Trinajstić information content (AvgIpc) is 2.38. The lowest BCUT2D eigenvalue weighted by molar-refractivity contribution is 0.168. The number of hydrogen-bond donors (Lipinski definition) is 1. The van der Waals surface area contributed by atoms with Crippen LogP contribution in [-0.4, -0.2) is 5.11 Å². The van der Waals surface area contributed by atoms with Crippen LogP contribution in [0.1, 0.15) is 29.2 Å². The van der Waals surface area contributed by atoms with E-state index in [1.807, 2.05) is 24.3 Å². The Morgan fingerprint density at radius 1 is 1.00 bits per heavy atom. The second-order valence-electron chi connectivity index (χ2n) is 4.59. The highest BCUT2D eigenvalue weighted by molar-refractivity contribution is 6.30. The second kappa shape index (κ2) is 6.03. The molecule has 0 aromatic heterocycles. The van der Waals surface area contributed by atoms with E-state index in [4.69, 9.17) is 11.6 Å². The number of hydrogen-bond acceptors (Lipinski definition) is 1. The molecule has 2 aromatic rings. The third-order valence-corrected chi connectivity index (χ3v) is 3.33. The minimum atomic E-state index is -0.427. The smallest absolute Gasteiger partial charge is 0.0793 e. The molecule has 0 spiro atoms. The Morgan fingerprint density at radius 3 is 2.22 bits per heavy atom. The van der Waals surface area contributed by atoms with Crippen molar-refractivity contribution in [1.82, 2.24) is 0 Å². The summed E-state index contributed by atoms with van der Waals surface area (Å²) in [4.78, 5) is 0. The van der Waals surface area contributed by atoms with Crippen LogP contribution in [0.2, 0.25) is 5.02 Å². The molecule has 0 saturated carbocycles. The van der Waals surface area contributed by atoms with Gasteiger partial charge in [0.1, 0.15) is 0 Å². The first-order chi connectivity index (χ1) is 8.65. The van der Waals surface area contributed by atoms with Crippen LogP contribution in [0.15, 0.2) is 48.5 Å². The molecule has 0 fully saturated rings. The Hall–Kier alpha value is -1.31. The molecule has 1 atom stereocenters. The molecule has 94 valence electrons. The summed E-state index contributed by atoms with van der Waals surface area (Å²) in [6.45, 7) is 2.08. The first-order valence-electron chi connectivity index (χ1n) is 6.14. The molecule has 0 heterocycles. The van der Waals surface area contributed by atoms with Gasteiger partial charge in [0.25, 0.3) is 0 Å². The highest BCUT2D eigenvalue weighted by atomic mass is 35.5.